The summed E-state index contributed by atoms with van der Waals surface area (Å²) >= 11 is 0. The number of hydrogen-bond donors (Lipinski definition) is 1. The Morgan fingerprint density at radius 3 is 2.10 bits per heavy atom. The predicted octanol–water partition coefficient (Wildman–Crippen LogP) is 5.18. The van der Waals surface area contributed by atoms with Crippen LogP contribution < -0.4 is 19.5 Å². The van der Waals surface area contributed by atoms with Crippen molar-refractivity contribution in [1.29, 1.82) is 0 Å². The lowest BCUT2D eigenvalue weighted by atomic mass is 10.0. The van der Waals surface area contributed by atoms with Crippen LogP contribution in [0.4, 0.5) is 5.69 Å². The first-order valence-electron chi connectivity index (χ1n) is 9.71. The van der Waals surface area contributed by atoms with Gasteiger partial charge in [0.1, 0.15) is 0 Å². The molecule has 0 fully saturated rings. The number of para-hydroxylation sites is 1. The van der Waals surface area contributed by atoms with E-state index < -0.39 is 0 Å². The fourth-order valence-corrected chi connectivity index (χ4v) is 3.47. The molecule has 0 atom stereocenters. The van der Waals surface area contributed by atoms with Crippen molar-refractivity contribution in [2.24, 2.45) is 0 Å². The number of nitrogens with one attached hydrogen (secondary N) is 1. The summed E-state index contributed by atoms with van der Waals surface area (Å²) in [6, 6.07) is 22.6. The van der Waals surface area contributed by atoms with Crippen molar-refractivity contribution in [2.45, 2.75) is 0 Å². The third kappa shape index (κ3) is 4.00. The van der Waals surface area contributed by atoms with Gasteiger partial charge in [-0.25, -0.2) is 4.98 Å². The molecule has 3 aromatic carbocycles. The molecule has 0 radical (unpaired) electrons. The van der Waals surface area contributed by atoms with Crippen LogP contribution in [0.25, 0.3) is 22.2 Å². The number of carbonyl (C=O) groups excluding carboxylic acids is 1. The average molecular weight is 414 g/mol. The van der Waals surface area contributed by atoms with E-state index in [4.69, 9.17) is 19.2 Å². The Balaban J connectivity index is 1.78. The van der Waals surface area contributed by atoms with Crippen LogP contribution in [0.15, 0.2) is 72.8 Å². The maximum Gasteiger partial charge on any atom is 0.256 e. The van der Waals surface area contributed by atoms with Gasteiger partial charge in [-0.3, -0.25) is 4.79 Å². The van der Waals surface area contributed by atoms with Gasteiger partial charge in [0, 0.05) is 28.8 Å². The van der Waals surface area contributed by atoms with E-state index in [2.05, 4.69) is 5.32 Å². The fourth-order valence-electron chi connectivity index (χ4n) is 3.47. The Hall–Kier alpha value is -4.06. The highest BCUT2D eigenvalue weighted by atomic mass is 16.5. The zero-order valence-electron chi connectivity index (χ0n) is 17.5. The van der Waals surface area contributed by atoms with E-state index in [1.54, 1.807) is 12.1 Å². The molecule has 0 aliphatic carbocycles. The average Bonchev–Trinajstić information content (AvgIpc) is 2.83. The topological polar surface area (TPSA) is 69.7 Å². The van der Waals surface area contributed by atoms with Crippen LogP contribution >= 0.6 is 0 Å². The lowest BCUT2D eigenvalue weighted by molar-refractivity contribution is 0.102. The second-order valence-corrected chi connectivity index (χ2v) is 6.81. The van der Waals surface area contributed by atoms with Crippen molar-refractivity contribution in [3.8, 4) is 28.5 Å². The molecule has 4 rings (SSSR count). The van der Waals surface area contributed by atoms with Gasteiger partial charge in [0.05, 0.1) is 38.1 Å². The predicted molar refractivity (Wildman–Crippen MR) is 121 cm³/mol. The molecular formula is C25H22N2O4. The van der Waals surface area contributed by atoms with Crippen LogP contribution in [-0.4, -0.2) is 32.2 Å². The standard InChI is InChI=1S/C25H22N2O4/c1-29-22-13-17(14-23(30-2)24(22)31-3)26-25(28)19-15-21(16-9-5-4-6-10-16)27-20-12-8-7-11-18(19)20/h4-15H,1-3H3,(H,26,28). The van der Waals surface area contributed by atoms with E-state index in [9.17, 15) is 4.79 Å². The monoisotopic (exact) mass is 414 g/mol. The molecule has 0 aliphatic heterocycles. The number of anilines is 1. The minimum absolute atomic E-state index is 0.259. The summed E-state index contributed by atoms with van der Waals surface area (Å²) in [6.07, 6.45) is 0. The number of rotatable bonds is 6. The summed E-state index contributed by atoms with van der Waals surface area (Å²) in [4.78, 5) is 18.1. The number of carbonyl (C=O) groups is 1. The molecule has 6 nitrogen and oxygen atoms in total. The van der Waals surface area contributed by atoms with Crippen LogP contribution in [0.3, 0.4) is 0 Å². The molecule has 6 heteroatoms. The van der Waals surface area contributed by atoms with Gasteiger partial charge >= 0.3 is 0 Å². The SMILES string of the molecule is COc1cc(NC(=O)c2cc(-c3ccccc3)nc3ccccc23)cc(OC)c1OC. The van der Waals surface area contributed by atoms with E-state index >= 15 is 0 Å². The number of benzene rings is 3. The summed E-state index contributed by atoms with van der Waals surface area (Å²) in [7, 11) is 4.60. The van der Waals surface area contributed by atoms with Gasteiger partial charge in [-0.05, 0) is 12.1 Å². The van der Waals surface area contributed by atoms with Crippen molar-refractivity contribution in [3.63, 3.8) is 0 Å². The highest BCUT2D eigenvalue weighted by Gasteiger charge is 2.17. The first-order valence-corrected chi connectivity index (χ1v) is 9.71. The quantitative estimate of drug-likeness (QED) is 0.471. The van der Waals surface area contributed by atoms with E-state index in [0.29, 0.717) is 28.5 Å². The highest BCUT2D eigenvalue weighted by molar-refractivity contribution is 6.13. The smallest absolute Gasteiger partial charge is 0.256 e. The fraction of sp³-hybridized carbons (Fsp3) is 0.120. The third-order valence-corrected chi connectivity index (χ3v) is 4.95. The van der Waals surface area contributed by atoms with Gasteiger partial charge < -0.3 is 19.5 Å². The molecule has 156 valence electrons. The number of fused-ring (bicyclic) bond motifs is 1. The van der Waals surface area contributed by atoms with Crippen LogP contribution in [0.1, 0.15) is 10.4 Å². The van der Waals surface area contributed by atoms with Crippen LogP contribution in [0.5, 0.6) is 17.2 Å². The summed E-state index contributed by atoms with van der Waals surface area (Å²) in [5.74, 6) is 1.12. The molecule has 0 unspecified atom stereocenters. The molecule has 0 spiro atoms. The maximum atomic E-state index is 13.3. The molecule has 1 N–H and O–H groups in total. The Labute approximate surface area is 180 Å². The first-order chi connectivity index (χ1) is 15.1. The number of ether oxygens (including phenoxy) is 3. The molecule has 0 saturated heterocycles. The number of aromatic nitrogens is 1. The van der Waals surface area contributed by atoms with Gasteiger partial charge in [-0.2, -0.15) is 0 Å². The van der Waals surface area contributed by atoms with Crippen LogP contribution in [0.2, 0.25) is 0 Å². The first kappa shape index (κ1) is 20.2. The van der Waals surface area contributed by atoms with E-state index in [1.807, 2.05) is 60.7 Å². The number of amides is 1. The third-order valence-electron chi connectivity index (χ3n) is 4.95. The van der Waals surface area contributed by atoms with Gasteiger partial charge in [-0.15, -0.1) is 0 Å². The number of methoxy groups -OCH3 is 3. The molecule has 0 bridgehead atoms. The molecule has 1 amide bonds. The Kier molecular flexibility index (Phi) is 5.71. The molecule has 0 aliphatic rings. The number of nitrogens with zero attached hydrogens (tertiary/aromatic N) is 1. The lowest BCUT2D eigenvalue weighted by Crippen LogP contribution is -2.13. The number of hydrogen-bond acceptors (Lipinski definition) is 5. The lowest BCUT2D eigenvalue weighted by Gasteiger charge is -2.15. The second-order valence-electron chi connectivity index (χ2n) is 6.81. The zero-order valence-corrected chi connectivity index (χ0v) is 17.5. The number of pyridine rings is 1. The van der Waals surface area contributed by atoms with E-state index in [1.165, 1.54) is 21.3 Å². The van der Waals surface area contributed by atoms with Crippen molar-refractivity contribution < 1.29 is 19.0 Å². The molecule has 1 heterocycles. The summed E-state index contributed by atoms with van der Waals surface area (Å²) in [5, 5.41) is 3.72. The molecule has 1 aromatic heterocycles. The van der Waals surface area contributed by atoms with Gasteiger partial charge in [0.2, 0.25) is 5.75 Å². The Bertz CT molecular complexity index is 1210. The Morgan fingerprint density at radius 2 is 1.45 bits per heavy atom. The van der Waals surface area contributed by atoms with E-state index in [0.717, 1.165) is 22.2 Å². The van der Waals surface area contributed by atoms with Crippen molar-refractivity contribution in [1.82, 2.24) is 4.98 Å². The summed E-state index contributed by atoms with van der Waals surface area (Å²) in [5.41, 5.74) is 3.48. The van der Waals surface area contributed by atoms with Crippen molar-refractivity contribution in [2.75, 3.05) is 26.6 Å². The highest BCUT2D eigenvalue weighted by Crippen LogP contribution is 2.40. The molecule has 0 saturated carbocycles. The minimum atomic E-state index is -0.259. The van der Waals surface area contributed by atoms with Crippen LogP contribution in [0, 0.1) is 0 Å². The molecule has 31 heavy (non-hydrogen) atoms. The van der Waals surface area contributed by atoms with Gasteiger partial charge in [0.25, 0.3) is 5.91 Å². The Morgan fingerprint density at radius 1 is 0.806 bits per heavy atom. The minimum Gasteiger partial charge on any atom is -0.493 e. The van der Waals surface area contributed by atoms with Crippen molar-refractivity contribution >= 4 is 22.5 Å². The summed E-state index contributed by atoms with van der Waals surface area (Å²) < 4.78 is 16.1. The summed E-state index contributed by atoms with van der Waals surface area (Å²) in [6.45, 7) is 0. The second kappa shape index (κ2) is 8.75. The van der Waals surface area contributed by atoms with Gasteiger partial charge in [0.15, 0.2) is 11.5 Å². The zero-order chi connectivity index (χ0) is 21.8. The molecule has 4 aromatic rings. The van der Waals surface area contributed by atoms with E-state index in [-0.39, 0.29) is 5.91 Å². The van der Waals surface area contributed by atoms with Crippen LogP contribution in [-0.2, 0) is 0 Å². The van der Waals surface area contributed by atoms with Crippen molar-refractivity contribution in [3.05, 3.63) is 78.4 Å². The maximum absolute atomic E-state index is 13.3. The largest absolute Gasteiger partial charge is 0.493 e. The van der Waals surface area contributed by atoms with Gasteiger partial charge in [-0.1, -0.05) is 48.5 Å². The normalized spacial score (nSPS) is 10.5. The molecular weight excluding hydrogens is 392 g/mol.